The van der Waals surface area contributed by atoms with Crippen LogP contribution < -0.4 is 34.5 Å². The number of methoxy groups -OCH3 is 4. The fourth-order valence-electron chi connectivity index (χ4n) is 3.88. The number of piperidine rings is 1. The smallest absolute Gasteiger partial charge is 0.324 e. The monoisotopic (exact) mass is 488 g/mol. The second-order valence-corrected chi connectivity index (χ2v) is 8.03. The number of benzene rings is 1. The Morgan fingerprint density at radius 3 is 2.14 bits per heavy atom. The minimum atomic E-state index is -0.722. The van der Waals surface area contributed by atoms with Gasteiger partial charge in [0, 0.05) is 32.5 Å². The zero-order valence-corrected chi connectivity index (χ0v) is 20.7. The molecule has 12 heteroatoms. The van der Waals surface area contributed by atoms with E-state index in [0.29, 0.717) is 49.8 Å². The fraction of sp³-hybridized carbons (Fsp3) is 0.522. The molecule has 2 heterocycles. The molecule has 1 fully saturated rings. The Hall–Kier alpha value is -3.83. The molecule has 0 spiro atoms. The summed E-state index contributed by atoms with van der Waals surface area (Å²) in [5.74, 6) is 1.10. The highest BCUT2D eigenvalue weighted by atomic mass is 16.5. The molecule has 1 aromatic carbocycles. The zero-order valence-electron chi connectivity index (χ0n) is 20.7. The maximum atomic E-state index is 13.1. The number of hydrogen-bond donors (Lipinski definition) is 2. The molecule has 2 aromatic rings. The van der Waals surface area contributed by atoms with Crippen molar-refractivity contribution in [2.24, 2.45) is 0 Å². The first kappa shape index (κ1) is 25.8. The number of ether oxygens (including phenoxy) is 4. The summed E-state index contributed by atoms with van der Waals surface area (Å²) in [7, 11) is 6.07. The lowest BCUT2D eigenvalue weighted by molar-refractivity contribution is -0.128. The van der Waals surface area contributed by atoms with Crippen molar-refractivity contribution in [3.63, 3.8) is 0 Å². The minimum absolute atomic E-state index is 0.0500. The third-order valence-corrected chi connectivity index (χ3v) is 5.65. The van der Waals surface area contributed by atoms with E-state index in [1.165, 1.54) is 21.1 Å². The molecule has 190 valence electrons. The van der Waals surface area contributed by atoms with Gasteiger partial charge in [-0.3, -0.25) is 9.59 Å². The normalized spacial score (nSPS) is 14.6. The van der Waals surface area contributed by atoms with Gasteiger partial charge in [-0.25, -0.2) is 0 Å². The van der Waals surface area contributed by atoms with Crippen molar-refractivity contribution < 1.29 is 28.5 Å². The summed E-state index contributed by atoms with van der Waals surface area (Å²) in [6, 6.07) is 5.01. The van der Waals surface area contributed by atoms with Gasteiger partial charge >= 0.3 is 12.0 Å². The molecule has 0 radical (unpaired) electrons. The molecule has 1 aliphatic rings. The fourth-order valence-corrected chi connectivity index (χ4v) is 3.88. The molecule has 12 nitrogen and oxygen atoms in total. The average Bonchev–Trinajstić information content (AvgIpc) is 2.87. The Kier molecular flexibility index (Phi) is 8.87. The van der Waals surface area contributed by atoms with E-state index in [0.717, 1.165) is 5.56 Å². The van der Waals surface area contributed by atoms with E-state index in [4.69, 9.17) is 18.9 Å². The van der Waals surface area contributed by atoms with Crippen LogP contribution in [0.15, 0.2) is 18.2 Å². The second-order valence-electron chi connectivity index (χ2n) is 8.03. The predicted molar refractivity (Wildman–Crippen MR) is 127 cm³/mol. The molecule has 35 heavy (non-hydrogen) atoms. The van der Waals surface area contributed by atoms with Crippen LogP contribution in [0.3, 0.4) is 0 Å². The molecule has 0 unspecified atom stereocenters. The highest BCUT2D eigenvalue weighted by Crippen LogP contribution is 2.28. The molecule has 1 aliphatic heterocycles. The third-order valence-electron chi connectivity index (χ3n) is 5.65. The van der Waals surface area contributed by atoms with Gasteiger partial charge in [0.1, 0.15) is 6.04 Å². The molecule has 1 saturated heterocycles. The topological polar surface area (TPSA) is 137 Å². The molecule has 1 aromatic heterocycles. The van der Waals surface area contributed by atoms with Crippen molar-refractivity contribution in [1.29, 1.82) is 0 Å². The Balaban J connectivity index is 1.62. The summed E-state index contributed by atoms with van der Waals surface area (Å²) in [6.45, 7) is 2.65. The van der Waals surface area contributed by atoms with E-state index in [1.807, 2.05) is 11.0 Å². The van der Waals surface area contributed by atoms with Gasteiger partial charge in [0.25, 0.3) is 0 Å². The van der Waals surface area contributed by atoms with Crippen molar-refractivity contribution >= 4 is 17.8 Å². The number of amides is 2. The highest BCUT2D eigenvalue weighted by molar-refractivity contribution is 5.87. The molecule has 2 amide bonds. The number of anilines is 1. The summed E-state index contributed by atoms with van der Waals surface area (Å²) >= 11 is 0. The van der Waals surface area contributed by atoms with Crippen LogP contribution in [0.5, 0.6) is 23.5 Å². The van der Waals surface area contributed by atoms with E-state index < -0.39 is 6.04 Å². The molecule has 2 N–H and O–H groups in total. The van der Waals surface area contributed by atoms with Gasteiger partial charge in [0.05, 0.1) is 28.4 Å². The van der Waals surface area contributed by atoms with Gasteiger partial charge in [-0.2, -0.15) is 9.97 Å². The second kappa shape index (κ2) is 12.0. The highest BCUT2D eigenvalue weighted by Gasteiger charge is 2.27. The van der Waals surface area contributed by atoms with Gasteiger partial charge < -0.3 is 34.5 Å². The number of rotatable bonds is 10. The van der Waals surface area contributed by atoms with Crippen LogP contribution in [-0.2, 0) is 16.0 Å². The Morgan fingerprint density at radius 1 is 0.971 bits per heavy atom. The number of carbonyl (C=O) groups is 2. The lowest BCUT2D eigenvalue weighted by Gasteiger charge is -2.33. The summed E-state index contributed by atoms with van der Waals surface area (Å²) in [4.78, 5) is 39.5. The molecule has 0 saturated carbocycles. The van der Waals surface area contributed by atoms with E-state index in [2.05, 4.69) is 25.6 Å². The minimum Gasteiger partial charge on any atom is -0.493 e. The summed E-state index contributed by atoms with van der Waals surface area (Å²) in [5, 5.41) is 5.83. The lowest BCUT2D eigenvalue weighted by Crippen LogP contribution is -2.52. The molecule has 0 bridgehead atoms. The largest absolute Gasteiger partial charge is 0.493 e. The van der Waals surface area contributed by atoms with Crippen molar-refractivity contribution in [3.8, 4) is 23.5 Å². The van der Waals surface area contributed by atoms with Crippen molar-refractivity contribution in [2.75, 3.05) is 46.4 Å². The number of hydrogen-bond acceptors (Lipinski definition) is 10. The van der Waals surface area contributed by atoms with Crippen LogP contribution in [0.25, 0.3) is 0 Å². The Bertz CT molecular complexity index is 1010. The van der Waals surface area contributed by atoms with Crippen molar-refractivity contribution in [3.05, 3.63) is 23.8 Å². The van der Waals surface area contributed by atoms with Gasteiger partial charge in [0.2, 0.25) is 17.8 Å². The predicted octanol–water partition coefficient (Wildman–Crippen LogP) is 0.738. The van der Waals surface area contributed by atoms with Crippen LogP contribution in [-0.4, -0.2) is 80.4 Å². The maximum absolute atomic E-state index is 13.1. The Morgan fingerprint density at radius 2 is 1.60 bits per heavy atom. The molecule has 3 rings (SSSR count). The standard InChI is InChI=1S/C23H32N6O6/c1-14(30)24-17(12-15-6-7-18(32-2)19(13-15)33-3)20(31)25-16-8-10-29(11-9-16)21-26-22(34-4)28-23(27-21)35-5/h6-7,13,16-17H,8-12H2,1-5H3,(H,24,30)(H,25,31)/t17-/m1/s1. The Labute approximate surface area is 204 Å². The summed E-state index contributed by atoms with van der Waals surface area (Å²) in [6.07, 6.45) is 1.69. The number of aromatic nitrogens is 3. The van der Waals surface area contributed by atoms with E-state index in [-0.39, 0.29) is 29.9 Å². The van der Waals surface area contributed by atoms with Gasteiger partial charge in [-0.05, 0) is 30.5 Å². The molecule has 1 atom stereocenters. The molecular formula is C23H32N6O6. The van der Waals surface area contributed by atoms with E-state index in [9.17, 15) is 9.59 Å². The first-order chi connectivity index (χ1) is 16.9. The quantitative estimate of drug-likeness (QED) is 0.493. The van der Waals surface area contributed by atoms with Crippen LogP contribution in [0, 0.1) is 0 Å². The zero-order chi connectivity index (χ0) is 25.4. The number of nitrogens with zero attached hydrogens (tertiary/aromatic N) is 4. The van der Waals surface area contributed by atoms with Crippen molar-refractivity contribution in [2.45, 2.75) is 38.3 Å². The van der Waals surface area contributed by atoms with Gasteiger partial charge in [-0.1, -0.05) is 6.07 Å². The first-order valence-electron chi connectivity index (χ1n) is 11.2. The third kappa shape index (κ3) is 6.84. The molecule has 0 aliphatic carbocycles. The SMILES string of the molecule is COc1nc(OC)nc(N2CCC(NC(=O)[C@@H](Cc3ccc(OC)c(OC)c3)NC(C)=O)CC2)n1. The van der Waals surface area contributed by atoms with Crippen LogP contribution in [0.2, 0.25) is 0 Å². The van der Waals surface area contributed by atoms with Crippen molar-refractivity contribution in [1.82, 2.24) is 25.6 Å². The van der Waals surface area contributed by atoms with Crippen LogP contribution >= 0.6 is 0 Å². The van der Waals surface area contributed by atoms with Gasteiger partial charge in [0.15, 0.2) is 11.5 Å². The van der Waals surface area contributed by atoms with E-state index in [1.54, 1.807) is 26.4 Å². The van der Waals surface area contributed by atoms with Gasteiger partial charge in [-0.15, -0.1) is 4.98 Å². The first-order valence-corrected chi connectivity index (χ1v) is 11.2. The summed E-state index contributed by atoms with van der Waals surface area (Å²) < 4.78 is 20.9. The maximum Gasteiger partial charge on any atom is 0.324 e. The van der Waals surface area contributed by atoms with Crippen LogP contribution in [0.4, 0.5) is 5.95 Å². The lowest BCUT2D eigenvalue weighted by atomic mass is 10.0. The molecular weight excluding hydrogens is 456 g/mol. The average molecular weight is 489 g/mol. The number of carbonyl (C=O) groups excluding carboxylic acids is 2. The van der Waals surface area contributed by atoms with E-state index >= 15 is 0 Å². The summed E-state index contributed by atoms with van der Waals surface area (Å²) in [5.41, 5.74) is 0.837. The number of nitrogens with one attached hydrogen (secondary N) is 2. The van der Waals surface area contributed by atoms with Crippen LogP contribution in [0.1, 0.15) is 25.3 Å².